The number of para-hydroxylation sites is 1. The summed E-state index contributed by atoms with van der Waals surface area (Å²) in [5, 5.41) is 0. The molecule has 3 unspecified atom stereocenters. The molecule has 2 fully saturated rings. The van der Waals surface area contributed by atoms with Crippen LogP contribution in [-0.4, -0.2) is 54.5 Å². The number of hydrogen-bond donors (Lipinski definition) is 0. The first-order chi connectivity index (χ1) is 10.7. The second-order valence-electron chi connectivity index (χ2n) is 6.85. The van der Waals surface area contributed by atoms with Gasteiger partial charge in [-0.25, -0.2) is 0 Å². The Kier molecular flexibility index (Phi) is 3.57. The maximum absolute atomic E-state index is 13.1. The van der Waals surface area contributed by atoms with Crippen molar-refractivity contribution in [3.8, 4) is 5.75 Å². The third-order valence-corrected chi connectivity index (χ3v) is 5.72. The fraction of sp³-hybridized carbons (Fsp3) is 0.611. The summed E-state index contributed by atoms with van der Waals surface area (Å²) in [6, 6.07) is 9.23. The summed E-state index contributed by atoms with van der Waals surface area (Å²) in [4.78, 5) is 17.7. The molecule has 1 aromatic rings. The molecule has 0 aliphatic carbocycles. The third-order valence-electron chi connectivity index (χ3n) is 5.72. The average molecular weight is 300 g/mol. The highest BCUT2D eigenvalue weighted by Crippen LogP contribution is 2.36. The van der Waals surface area contributed by atoms with E-state index in [1.807, 2.05) is 24.3 Å². The number of likely N-dealkylation sites (tertiary alicyclic amines) is 1. The van der Waals surface area contributed by atoms with Crippen molar-refractivity contribution < 1.29 is 9.53 Å². The van der Waals surface area contributed by atoms with Gasteiger partial charge in [0.15, 0.2) is 0 Å². The molecule has 3 heterocycles. The minimum Gasteiger partial charge on any atom is -0.493 e. The first-order valence-electron chi connectivity index (χ1n) is 8.46. The van der Waals surface area contributed by atoms with E-state index in [1.54, 1.807) is 0 Å². The number of fused-ring (bicyclic) bond motifs is 3. The molecule has 0 aromatic heterocycles. The molecule has 3 aliphatic heterocycles. The Hall–Kier alpha value is -1.55. The van der Waals surface area contributed by atoms with E-state index in [0.29, 0.717) is 24.6 Å². The molecule has 1 amide bonds. The maximum Gasteiger partial charge on any atom is 0.230 e. The van der Waals surface area contributed by atoms with Gasteiger partial charge in [-0.2, -0.15) is 0 Å². The smallest absolute Gasteiger partial charge is 0.230 e. The van der Waals surface area contributed by atoms with Crippen LogP contribution in [0, 0.1) is 0 Å². The number of benzene rings is 1. The molecule has 0 saturated carbocycles. The number of amides is 1. The van der Waals surface area contributed by atoms with Crippen LogP contribution in [0.4, 0.5) is 0 Å². The third kappa shape index (κ3) is 2.30. The lowest BCUT2D eigenvalue weighted by atomic mass is 9.91. The zero-order valence-corrected chi connectivity index (χ0v) is 13.2. The monoisotopic (exact) mass is 300 g/mol. The molecule has 0 radical (unpaired) electrons. The molecule has 3 atom stereocenters. The molecule has 4 rings (SSSR count). The molecule has 1 aromatic carbocycles. The van der Waals surface area contributed by atoms with Crippen LogP contribution in [0.3, 0.4) is 0 Å². The van der Waals surface area contributed by atoms with Gasteiger partial charge in [0, 0.05) is 30.7 Å². The number of rotatable bonds is 1. The van der Waals surface area contributed by atoms with Gasteiger partial charge in [0.05, 0.1) is 12.5 Å². The highest BCUT2D eigenvalue weighted by atomic mass is 16.5. The lowest BCUT2D eigenvalue weighted by Crippen LogP contribution is -2.42. The van der Waals surface area contributed by atoms with Crippen LogP contribution in [0.2, 0.25) is 0 Å². The Balaban J connectivity index is 1.55. The molecule has 22 heavy (non-hydrogen) atoms. The number of likely N-dealkylation sites (N-methyl/N-ethyl adjacent to an activating group) is 1. The molecular weight excluding hydrogens is 276 g/mol. The number of carbonyl (C=O) groups excluding carboxylic acids is 1. The van der Waals surface area contributed by atoms with Crippen LogP contribution in [-0.2, 0) is 4.79 Å². The van der Waals surface area contributed by atoms with Crippen molar-refractivity contribution in [3.05, 3.63) is 29.8 Å². The van der Waals surface area contributed by atoms with Gasteiger partial charge < -0.3 is 9.64 Å². The molecule has 4 heteroatoms. The van der Waals surface area contributed by atoms with E-state index >= 15 is 0 Å². The van der Waals surface area contributed by atoms with Crippen molar-refractivity contribution in [1.82, 2.24) is 9.80 Å². The lowest BCUT2D eigenvalue weighted by Gasteiger charge is -2.32. The van der Waals surface area contributed by atoms with E-state index in [2.05, 4.69) is 16.8 Å². The summed E-state index contributed by atoms with van der Waals surface area (Å²) >= 11 is 0. The SMILES string of the molecule is CN1C2CCC1CN(C(=O)C1CCOc3ccccc31)CC2. The summed E-state index contributed by atoms with van der Waals surface area (Å²) in [5.74, 6) is 1.17. The summed E-state index contributed by atoms with van der Waals surface area (Å²) in [6.07, 6.45) is 4.44. The predicted molar refractivity (Wildman–Crippen MR) is 85.1 cm³/mol. The van der Waals surface area contributed by atoms with Crippen molar-refractivity contribution in [2.75, 3.05) is 26.7 Å². The van der Waals surface area contributed by atoms with E-state index in [1.165, 1.54) is 12.8 Å². The Morgan fingerprint density at radius 2 is 1.95 bits per heavy atom. The van der Waals surface area contributed by atoms with E-state index in [-0.39, 0.29) is 5.92 Å². The first kappa shape index (κ1) is 14.1. The number of hydrogen-bond acceptors (Lipinski definition) is 3. The van der Waals surface area contributed by atoms with Crippen molar-refractivity contribution >= 4 is 5.91 Å². The van der Waals surface area contributed by atoms with Gasteiger partial charge >= 0.3 is 0 Å². The molecule has 0 spiro atoms. The maximum atomic E-state index is 13.1. The molecule has 4 nitrogen and oxygen atoms in total. The van der Waals surface area contributed by atoms with Gasteiger partial charge in [-0.15, -0.1) is 0 Å². The number of ether oxygens (including phenoxy) is 1. The van der Waals surface area contributed by atoms with Crippen LogP contribution in [0.1, 0.15) is 37.2 Å². The second-order valence-corrected chi connectivity index (χ2v) is 6.85. The minimum absolute atomic E-state index is 0.0214. The summed E-state index contributed by atoms with van der Waals surface area (Å²) in [6.45, 7) is 2.45. The number of nitrogens with zero attached hydrogens (tertiary/aromatic N) is 2. The summed E-state index contributed by atoms with van der Waals surface area (Å²) in [5.41, 5.74) is 1.07. The lowest BCUT2D eigenvalue weighted by molar-refractivity contribution is -0.133. The van der Waals surface area contributed by atoms with E-state index in [9.17, 15) is 4.79 Å². The molecule has 0 N–H and O–H groups in total. The molecule has 3 aliphatic rings. The largest absolute Gasteiger partial charge is 0.493 e. The van der Waals surface area contributed by atoms with Crippen LogP contribution < -0.4 is 4.74 Å². The summed E-state index contributed by atoms with van der Waals surface area (Å²) < 4.78 is 5.70. The van der Waals surface area contributed by atoms with Gasteiger partial charge in [0.2, 0.25) is 5.91 Å². The van der Waals surface area contributed by atoms with Gasteiger partial charge in [-0.05, 0) is 38.8 Å². The molecule has 2 saturated heterocycles. The molecule has 2 bridgehead atoms. The fourth-order valence-corrected chi connectivity index (χ4v) is 4.33. The quantitative estimate of drug-likeness (QED) is 0.797. The van der Waals surface area contributed by atoms with Crippen LogP contribution in [0.15, 0.2) is 24.3 Å². The molecular formula is C18H24N2O2. The summed E-state index contributed by atoms with van der Waals surface area (Å²) in [7, 11) is 2.22. The standard InChI is InChI=1S/C18H24N2O2/c1-19-13-6-7-14(19)12-20(10-8-13)18(21)16-9-11-22-17-5-3-2-4-15(16)17/h2-5,13-14,16H,6-12H2,1H3. The Labute approximate surface area is 132 Å². The first-order valence-corrected chi connectivity index (χ1v) is 8.46. The van der Waals surface area contributed by atoms with Crippen molar-refractivity contribution in [2.45, 2.75) is 43.7 Å². The zero-order chi connectivity index (χ0) is 15.1. The van der Waals surface area contributed by atoms with Gasteiger partial charge in [-0.1, -0.05) is 18.2 Å². The molecule has 118 valence electrons. The van der Waals surface area contributed by atoms with Crippen LogP contribution in [0.25, 0.3) is 0 Å². The van der Waals surface area contributed by atoms with E-state index in [4.69, 9.17) is 4.74 Å². The highest BCUT2D eigenvalue weighted by Gasteiger charge is 2.38. The van der Waals surface area contributed by atoms with E-state index in [0.717, 1.165) is 37.2 Å². The Bertz CT molecular complexity index is 574. The fourth-order valence-electron chi connectivity index (χ4n) is 4.33. The number of carbonyl (C=O) groups is 1. The average Bonchev–Trinajstić information content (AvgIpc) is 2.79. The topological polar surface area (TPSA) is 32.8 Å². The van der Waals surface area contributed by atoms with Gasteiger partial charge in [0.25, 0.3) is 0 Å². The van der Waals surface area contributed by atoms with Crippen LogP contribution in [0.5, 0.6) is 5.75 Å². The van der Waals surface area contributed by atoms with Crippen LogP contribution >= 0.6 is 0 Å². The van der Waals surface area contributed by atoms with E-state index < -0.39 is 0 Å². The highest BCUT2D eigenvalue weighted by molar-refractivity contribution is 5.85. The minimum atomic E-state index is -0.0214. The normalized spacial score (nSPS) is 31.3. The van der Waals surface area contributed by atoms with Crippen molar-refractivity contribution in [3.63, 3.8) is 0 Å². The Morgan fingerprint density at radius 3 is 2.86 bits per heavy atom. The zero-order valence-electron chi connectivity index (χ0n) is 13.2. The van der Waals surface area contributed by atoms with Crippen molar-refractivity contribution in [2.24, 2.45) is 0 Å². The van der Waals surface area contributed by atoms with Gasteiger partial charge in [0.1, 0.15) is 5.75 Å². The van der Waals surface area contributed by atoms with Gasteiger partial charge in [-0.3, -0.25) is 9.69 Å². The Morgan fingerprint density at radius 1 is 1.14 bits per heavy atom. The predicted octanol–water partition coefficient (Wildman–Crippen LogP) is 2.25. The second kappa shape index (κ2) is 5.58. The van der Waals surface area contributed by atoms with Crippen molar-refractivity contribution in [1.29, 1.82) is 0 Å².